The third-order valence-electron chi connectivity index (χ3n) is 4.03. The van der Waals surface area contributed by atoms with Gasteiger partial charge in [0.1, 0.15) is 11.5 Å². The average Bonchev–Trinajstić information content (AvgIpc) is 3.02. The van der Waals surface area contributed by atoms with Crippen LogP contribution in [0.15, 0.2) is 41.2 Å². The molecule has 2 aromatic carbocycles. The van der Waals surface area contributed by atoms with Gasteiger partial charge < -0.3 is 15.2 Å². The van der Waals surface area contributed by atoms with Gasteiger partial charge in [0.05, 0.1) is 31.2 Å². The standard InChI is InChI=1S/C18H18N4O4/c1-10(23)12-5-4-6-14(16(12)19)22-17(20-21-18(22)24)13-8-7-11(25-2)9-15(13)26-3/h4-9H,19H2,1-3H3,(H,21,24). The SMILES string of the molecule is COc1ccc(-c2n[nH]c(=O)n2-c2cccc(C(C)=O)c2N)c(OC)c1. The van der Waals surface area contributed by atoms with E-state index in [-0.39, 0.29) is 11.5 Å². The van der Waals surface area contributed by atoms with Crippen molar-refractivity contribution < 1.29 is 14.3 Å². The summed E-state index contributed by atoms with van der Waals surface area (Å²) in [7, 11) is 3.06. The summed E-state index contributed by atoms with van der Waals surface area (Å²) in [6.45, 7) is 1.42. The van der Waals surface area contributed by atoms with Crippen LogP contribution in [0.3, 0.4) is 0 Å². The highest BCUT2D eigenvalue weighted by Crippen LogP contribution is 2.33. The average molecular weight is 354 g/mol. The van der Waals surface area contributed by atoms with E-state index >= 15 is 0 Å². The van der Waals surface area contributed by atoms with Crippen LogP contribution in [0, 0.1) is 0 Å². The van der Waals surface area contributed by atoms with Gasteiger partial charge in [-0.3, -0.25) is 4.79 Å². The van der Waals surface area contributed by atoms with E-state index in [0.29, 0.717) is 34.1 Å². The van der Waals surface area contributed by atoms with Crippen molar-refractivity contribution in [3.05, 3.63) is 52.4 Å². The van der Waals surface area contributed by atoms with E-state index in [1.54, 1.807) is 43.5 Å². The third-order valence-corrected chi connectivity index (χ3v) is 4.03. The van der Waals surface area contributed by atoms with E-state index < -0.39 is 5.69 Å². The lowest BCUT2D eigenvalue weighted by molar-refractivity contribution is 0.101. The van der Waals surface area contributed by atoms with Gasteiger partial charge in [-0.05, 0) is 31.2 Å². The maximum Gasteiger partial charge on any atom is 0.348 e. The van der Waals surface area contributed by atoms with Crippen molar-refractivity contribution in [2.45, 2.75) is 6.92 Å². The van der Waals surface area contributed by atoms with Crippen molar-refractivity contribution in [2.24, 2.45) is 0 Å². The lowest BCUT2D eigenvalue weighted by Gasteiger charge is -2.13. The summed E-state index contributed by atoms with van der Waals surface area (Å²) in [6, 6.07) is 10.1. The minimum absolute atomic E-state index is 0.190. The molecular formula is C18H18N4O4. The van der Waals surface area contributed by atoms with Crippen LogP contribution in [0.4, 0.5) is 5.69 Å². The molecular weight excluding hydrogens is 336 g/mol. The number of anilines is 1. The van der Waals surface area contributed by atoms with Crippen LogP contribution in [-0.2, 0) is 0 Å². The highest BCUT2D eigenvalue weighted by molar-refractivity contribution is 6.00. The van der Waals surface area contributed by atoms with Gasteiger partial charge in [0.25, 0.3) is 0 Å². The van der Waals surface area contributed by atoms with Gasteiger partial charge in [-0.15, -0.1) is 0 Å². The summed E-state index contributed by atoms with van der Waals surface area (Å²) < 4.78 is 11.9. The molecule has 0 radical (unpaired) electrons. The Hall–Kier alpha value is -3.55. The molecule has 0 aliphatic carbocycles. The van der Waals surface area contributed by atoms with E-state index in [2.05, 4.69) is 10.2 Å². The van der Waals surface area contributed by atoms with Crippen LogP contribution in [0.2, 0.25) is 0 Å². The lowest BCUT2D eigenvalue weighted by Crippen LogP contribution is -2.18. The molecule has 3 aromatic rings. The number of carbonyl (C=O) groups excluding carboxylic acids is 1. The zero-order valence-electron chi connectivity index (χ0n) is 14.6. The number of aromatic amines is 1. The molecule has 1 aromatic heterocycles. The fourth-order valence-corrected chi connectivity index (χ4v) is 2.74. The quantitative estimate of drug-likeness (QED) is 0.535. The van der Waals surface area contributed by atoms with Gasteiger partial charge in [-0.25, -0.2) is 14.5 Å². The molecule has 1 heterocycles. The molecule has 0 saturated heterocycles. The molecule has 0 bridgehead atoms. The Balaban J connectivity index is 2.26. The van der Waals surface area contributed by atoms with Crippen molar-refractivity contribution in [2.75, 3.05) is 20.0 Å². The second-order valence-corrected chi connectivity index (χ2v) is 5.55. The Kier molecular flexibility index (Phi) is 4.49. The number of benzene rings is 2. The lowest BCUT2D eigenvalue weighted by atomic mass is 10.1. The van der Waals surface area contributed by atoms with Crippen LogP contribution in [-0.4, -0.2) is 34.8 Å². The van der Waals surface area contributed by atoms with Crippen molar-refractivity contribution in [3.63, 3.8) is 0 Å². The molecule has 0 spiro atoms. The topological polar surface area (TPSA) is 112 Å². The summed E-state index contributed by atoms with van der Waals surface area (Å²) in [5.41, 5.74) is 7.13. The summed E-state index contributed by atoms with van der Waals surface area (Å²) in [4.78, 5) is 24.2. The molecule has 8 nitrogen and oxygen atoms in total. The van der Waals surface area contributed by atoms with Crippen LogP contribution in [0.25, 0.3) is 17.1 Å². The molecule has 3 rings (SSSR count). The predicted molar refractivity (Wildman–Crippen MR) is 97.1 cm³/mol. The Bertz CT molecular complexity index is 1040. The smallest absolute Gasteiger partial charge is 0.348 e. The molecule has 0 amide bonds. The van der Waals surface area contributed by atoms with Crippen molar-refractivity contribution in [1.82, 2.24) is 14.8 Å². The first-order valence-corrected chi connectivity index (χ1v) is 7.77. The fourth-order valence-electron chi connectivity index (χ4n) is 2.74. The second-order valence-electron chi connectivity index (χ2n) is 5.55. The second kappa shape index (κ2) is 6.75. The number of hydrogen-bond donors (Lipinski definition) is 2. The van der Waals surface area contributed by atoms with Crippen LogP contribution < -0.4 is 20.9 Å². The number of Topliss-reactive ketones (excluding diaryl/α,β-unsaturated/α-hetero) is 1. The molecule has 0 fully saturated rings. The highest BCUT2D eigenvalue weighted by atomic mass is 16.5. The number of nitrogens with one attached hydrogen (secondary N) is 1. The summed E-state index contributed by atoms with van der Waals surface area (Å²) in [5, 5.41) is 6.53. The number of nitrogen functional groups attached to an aromatic ring is 1. The Morgan fingerprint density at radius 3 is 2.62 bits per heavy atom. The van der Waals surface area contributed by atoms with Crippen molar-refractivity contribution >= 4 is 11.5 Å². The number of rotatable bonds is 5. The molecule has 3 N–H and O–H groups in total. The zero-order valence-corrected chi connectivity index (χ0v) is 14.6. The number of aromatic nitrogens is 3. The molecule has 0 unspecified atom stereocenters. The van der Waals surface area contributed by atoms with E-state index in [0.717, 1.165) is 0 Å². The predicted octanol–water partition coefficient (Wildman–Crippen LogP) is 2.03. The van der Waals surface area contributed by atoms with Crippen LogP contribution in [0.1, 0.15) is 17.3 Å². The molecule has 8 heteroatoms. The monoisotopic (exact) mass is 354 g/mol. The van der Waals surface area contributed by atoms with Gasteiger partial charge in [0.15, 0.2) is 11.6 Å². The summed E-state index contributed by atoms with van der Waals surface area (Å²) >= 11 is 0. The summed E-state index contributed by atoms with van der Waals surface area (Å²) in [6.07, 6.45) is 0. The Morgan fingerprint density at radius 2 is 1.96 bits per heavy atom. The normalized spacial score (nSPS) is 10.6. The van der Waals surface area contributed by atoms with Gasteiger partial charge >= 0.3 is 5.69 Å². The van der Waals surface area contributed by atoms with E-state index in [4.69, 9.17) is 15.2 Å². The van der Waals surface area contributed by atoms with Gasteiger partial charge in [-0.2, -0.15) is 5.10 Å². The number of carbonyl (C=O) groups is 1. The number of ketones is 1. The summed E-state index contributed by atoms with van der Waals surface area (Å²) in [5.74, 6) is 1.20. The van der Waals surface area contributed by atoms with Crippen molar-refractivity contribution in [1.29, 1.82) is 0 Å². The van der Waals surface area contributed by atoms with Gasteiger partial charge in [-0.1, -0.05) is 6.07 Å². The molecule has 134 valence electrons. The molecule has 0 aliphatic rings. The number of hydrogen-bond acceptors (Lipinski definition) is 6. The highest BCUT2D eigenvalue weighted by Gasteiger charge is 2.20. The van der Waals surface area contributed by atoms with E-state index in [1.165, 1.54) is 18.6 Å². The number of methoxy groups -OCH3 is 2. The van der Waals surface area contributed by atoms with Crippen molar-refractivity contribution in [3.8, 4) is 28.6 Å². The van der Waals surface area contributed by atoms with Crippen LogP contribution in [0.5, 0.6) is 11.5 Å². The minimum atomic E-state index is -0.481. The number of nitrogens with two attached hydrogens (primary N) is 1. The van der Waals surface area contributed by atoms with Gasteiger partial charge in [0.2, 0.25) is 0 Å². The molecule has 0 atom stereocenters. The minimum Gasteiger partial charge on any atom is -0.497 e. The Morgan fingerprint density at radius 1 is 1.19 bits per heavy atom. The molecule has 0 aliphatic heterocycles. The van der Waals surface area contributed by atoms with Gasteiger partial charge in [0, 0.05) is 11.6 Å². The number of para-hydroxylation sites is 1. The maximum absolute atomic E-state index is 12.4. The number of H-pyrrole nitrogens is 1. The van der Waals surface area contributed by atoms with E-state index in [9.17, 15) is 9.59 Å². The number of nitrogens with zero attached hydrogens (tertiary/aromatic N) is 2. The largest absolute Gasteiger partial charge is 0.497 e. The first-order chi connectivity index (χ1) is 12.5. The third kappa shape index (κ3) is 2.81. The maximum atomic E-state index is 12.4. The Labute approximate surface area is 149 Å². The molecule has 26 heavy (non-hydrogen) atoms. The molecule has 0 saturated carbocycles. The first-order valence-electron chi connectivity index (χ1n) is 7.77. The number of ether oxygens (including phenoxy) is 2. The zero-order chi connectivity index (χ0) is 18.8. The van der Waals surface area contributed by atoms with Crippen LogP contribution >= 0.6 is 0 Å². The first kappa shape index (κ1) is 17.3. The fraction of sp³-hybridized carbons (Fsp3) is 0.167. The van der Waals surface area contributed by atoms with E-state index in [1.807, 2.05) is 0 Å².